The Bertz CT molecular complexity index is 525. The Morgan fingerprint density at radius 2 is 2.15 bits per heavy atom. The van der Waals surface area contributed by atoms with Gasteiger partial charge >= 0.3 is 11.7 Å². The Labute approximate surface area is 114 Å². The highest BCUT2D eigenvalue weighted by Gasteiger charge is 2.29. The fraction of sp³-hybridized carbons (Fsp3) is 0.545. The zero-order valence-electron chi connectivity index (χ0n) is 11.3. The van der Waals surface area contributed by atoms with E-state index in [1.165, 1.54) is 4.68 Å². The number of aliphatic carboxylic acids is 1. The van der Waals surface area contributed by atoms with Gasteiger partial charge in [0.15, 0.2) is 0 Å². The summed E-state index contributed by atoms with van der Waals surface area (Å²) in [6.45, 7) is 3.57. The Morgan fingerprint density at radius 1 is 1.50 bits per heavy atom. The molecular weight excluding hydrogens is 268 g/mol. The molecule has 1 aromatic heterocycles. The largest absolute Gasteiger partial charge is 0.480 e. The first kappa shape index (κ1) is 15.6. The van der Waals surface area contributed by atoms with Gasteiger partial charge in [-0.05, 0) is 13.3 Å². The Morgan fingerprint density at radius 3 is 2.60 bits per heavy atom. The molecule has 1 aromatic rings. The third kappa shape index (κ3) is 3.53. The van der Waals surface area contributed by atoms with Gasteiger partial charge in [-0.25, -0.2) is 0 Å². The number of hydrogen-bond acceptors (Lipinski definition) is 5. The zero-order chi connectivity index (χ0) is 15.3. The van der Waals surface area contributed by atoms with Crippen LogP contribution in [0, 0.1) is 10.1 Å². The minimum Gasteiger partial charge on any atom is -0.480 e. The van der Waals surface area contributed by atoms with E-state index in [1.54, 1.807) is 13.8 Å². The molecule has 0 aliphatic rings. The van der Waals surface area contributed by atoms with E-state index in [9.17, 15) is 19.7 Å². The monoisotopic (exact) mass is 284 g/mol. The molecule has 1 N–H and O–H groups in total. The van der Waals surface area contributed by atoms with Gasteiger partial charge in [-0.2, -0.15) is 5.10 Å². The van der Waals surface area contributed by atoms with Crippen molar-refractivity contribution in [2.45, 2.75) is 26.8 Å². The van der Waals surface area contributed by atoms with Crippen LogP contribution in [0.2, 0.25) is 0 Å². The van der Waals surface area contributed by atoms with Gasteiger partial charge in [-0.3, -0.25) is 24.4 Å². The normalized spacial score (nSPS) is 10.3. The molecule has 0 spiro atoms. The van der Waals surface area contributed by atoms with Gasteiger partial charge in [0.05, 0.1) is 4.92 Å². The molecule has 0 radical (unpaired) electrons. The molecule has 0 fully saturated rings. The summed E-state index contributed by atoms with van der Waals surface area (Å²) in [5, 5.41) is 23.6. The second-order valence-corrected chi connectivity index (χ2v) is 4.10. The Balaban J connectivity index is 3.12. The summed E-state index contributed by atoms with van der Waals surface area (Å²) in [6, 6.07) is 0. The smallest absolute Gasteiger partial charge is 0.323 e. The molecule has 0 bridgehead atoms. The second-order valence-electron chi connectivity index (χ2n) is 4.10. The molecule has 0 saturated heterocycles. The summed E-state index contributed by atoms with van der Waals surface area (Å²) in [5.41, 5.74) is -0.741. The predicted octanol–water partition coefficient (Wildman–Crippen LogP) is 0.748. The molecule has 0 aromatic carbocycles. The maximum absolute atomic E-state index is 12.2. The van der Waals surface area contributed by atoms with E-state index in [-0.39, 0.29) is 12.2 Å². The van der Waals surface area contributed by atoms with E-state index in [4.69, 9.17) is 5.11 Å². The van der Waals surface area contributed by atoms with Gasteiger partial charge in [-0.1, -0.05) is 6.92 Å². The Hall–Kier alpha value is -2.45. The first-order valence-electron chi connectivity index (χ1n) is 6.13. The van der Waals surface area contributed by atoms with Crippen molar-refractivity contribution in [3.8, 4) is 0 Å². The molecule has 0 aliphatic heterocycles. The molecule has 0 aliphatic carbocycles. The van der Waals surface area contributed by atoms with Crippen LogP contribution in [0.15, 0.2) is 6.20 Å². The SMILES string of the molecule is CCCN(CC(=O)O)C(=O)c1nn(CC)cc1[N+](=O)[O-]. The van der Waals surface area contributed by atoms with E-state index in [0.29, 0.717) is 13.0 Å². The van der Waals surface area contributed by atoms with E-state index >= 15 is 0 Å². The standard InChI is InChI=1S/C11H16N4O5/c1-3-5-13(7-9(16)17)11(18)10-8(15(19)20)6-14(4-2)12-10/h6H,3-5,7H2,1-2H3,(H,16,17). The molecule has 9 nitrogen and oxygen atoms in total. The topological polar surface area (TPSA) is 119 Å². The lowest BCUT2D eigenvalue weighted by atomic mass is 10.3. The highest BCUT2D eigenvalue weighted by molar-refractivity contribution is 5.97. The quantitative estimate of drug-likeness (QED) is 0.583. The number of nitro groups is 1. The van der Waals surface area contributed by atoms with E-state index in [2.05, 4.69) is 5.10 Å². The van der Waals surface area contributed by atoms with Gasteiger partial charge in [0, 0.05) is 13.1 Å². The molecule has 0 unspecified atom stereocenters. The van der Waals surface area contributed by atoms with Gasteiger partial charge in [0.1, 0.15) is 12.7 Å². The summed E-state index contributed by atoms with van der Waals surface area (Å²) >= 11 is 0. The molecule has 9 heteroatoms. The minimum absolute atomic E-state index is 0.196. The van der Waals surface area contributed by atoms with Crippen molar-refractivity contribution in [3.63, 3.8) is 0 Å². The number of carboxylic acid groups (broad SMARTS) is 1. The van der Waals surface area contributed by atoms with Crippen LogP contribution < -0.4 is 0 Å². The predicted molar refractivity (Wildman–Crippen MR) is 68.4 cm³/mol. The molecule has 0 saturated carbocycles. The maximum Gasteiger partial charge on any atom is 0.323 e. The van der Waals surface area contributed by atoms with Crippen molar-refractivity contribution < 1.29 is 19.6 Å². The Kier molecular flexibility index (Phi) is 5.18. The van der Waals surface area contributed by atoms with Crippen molar-refractivity contribution in [3.05, 3.63) is 22.0 Å². The third-order valence-electron chi connectivity index (χ3n) is 2.57. The van der Waals surface area contributed by atoms with Crippen molar-refractivity contribution in [2.75, 3.05) is 13.1 Å². The van der Waals surface area contributed by atoms with Gasteiger partial charge in [0.25, 0.3) is 5.91 Å². The van der Waals surface area contributed by atoms with E-state index in [0.717, 1.165) is 11.1 Å². The molecule has 1 amide bonds. The average molecular weight is 284 g/mol. The van der Waals surface area contributed by atoms with Gasteiger partial charge in [-0.15, -0.1) is 0 Å². The van der Waals surface area contributed by atoms with E-state index < -0.39 is 29.0 Å². The van der Waals surface area contributed by atoms with Crippen molar-refractivity contribution >= 4 is 17.6 Å². The zero-order valence-corrected chi connectivity index (χ0v) is 11.3. The minimum atomic E-state index is -1.18. The fourth-order valence-electron chi connectivity index (χ4n) is 1.69. The number of aromatic nitrogens is 2. The highest BCUT2D eigenvalue weighted by Crippen LogP contribution is 2.18. The number of hydrogen-bond donors (Lipinski definition) is 1. The summed E-state index contributed by atoms with van der Waals surface area (Å²) in [6.07, 6.45) is 1.71. The molecule has 110 valence electrons. The second kappa shape index (κ2) is 6.64. The number of nitrogens with zero attached hydrogens (tertiary/aromatic N) is 4. The van der Waals surface area contributed by atoms with Crippen LogP contribution in [-0.4, -0.2) is 49.7 Å². The molecule has 20 heavy (non-hydrogen) atoms. The summed E-state index contributed by atoms with van der Waals surface area (Å²) in [7, 11) is 0. The maximum atomic E-state index is 12.2. The first-order valence-corrected chi connectivity index (χ1v) is 6.13. The van der Waals surface area contributed by atoms with Crippen LogP contribution in [0.5, 0.6) is 0 Å². The molecule has 1 heterocycles. The number of amides is 1. The molecule has 0 atom stereocenters. The highest BCUT2D eigenvalue weighted by atomic mass is 16.6. The van der Waals surface area contributed by atoms with Crippen LogP contribution in [0.1, 0.15) is 30.8 Å². The van der Waals surface area contributed by atoms with Crippen LogP contribution >= 0.6 is 0 Å². The number of aryl methyl sites for hydroxylation is 1. The van der Waals surface area contributed by atoms with Crippen LogP contribution in [0.3, 0.4) is 0 Å². The van der Waals surface area contributed by atoms with Gasteiger partial charge < -0.3 is 10.0 Å². The van der Waals surface area contributed by atoms with Crippen molar-refractivity contribution in [1.82, 2.24) is 14.7 Å². The molecular formula is C11H16N4O5. The number of carbonyl (C=O) groups excluding carboxylic acids is 1. The third-order valence-corrected chi connectivity index (χ3v) is 2.57. The summed E-state index contributed by atoms with van der Waals surface area (Å²) < 4.78 is 1.27. The lowest BCUT2D eigenvalue weighted by molar-refractivity contribution is -0.385. The summed E-state index contributed by atoms with van der Waals surface area (Å²) in [5.74, 6) is -1.92. The first-order chi connectivity index (χ1) is 9.40. The average Bonchev–Trinajstić information content (AvgIpc) is 2.81. The van der Waals surface area contributed by atoms with Crippen LogP contribution in [0.4, 0.5) is 5.69 Å². The van der Waals surface area contributed by atoms with Gasteiger partial charge in [0.2, 0.25) is 5.69 Å². The molecule has 1 rings (SSSR count). The lowest BCUT2D eigenvalue weighted by Crippen LogP contribution is -2.36. The van der Waals surface area contributed by atoms with Crippen LogP contribution in [-0.2, 0) is 11.3 Å². The van der Waals surface area contributed by atoms with Crippen molar-refractivity contribution in [2.24, 2.45) is 0 Å². The number of carbonyl (C=O) groups is 2. The van der Waals surface area contributed by atoms with Crippen LogP contribution in [0.25, 0.3) is 0 Å². The lowest BCUT2D eigenvalue weighted by Gasteiger charge is -2.18. The summed E-state index contributed by atoms with van der Waals surface area (Å²) in [4.78, 5) is 34.2. The number of rotatable bonds is 7. The van der Waals surface area contributed by atoms with E-state index in [1.807, 2.05) is 0 Å². The van der Waals surface area contributed by atoms with Crippen molar-refractivity contribution in [1.29, 1.82) is 0 Å². The fourth-order valence-corrected chi connectivity index (χ4v) is 1.69. The number of carboxylic acids is 1.